The Morgan fingerprint density at radius 3 is 2.68 bits per heavy atom. The highest BCUT2D eigenvalue weighted by molar-refractivity contribution is 5.76. The molecule has 0 aromatic carbocycles. The topological polar surface area (TPSA) is 75.6 Å². The Bertz CT molecular complexity index is 300. The van der Waals surface area contributed by atoms with Crippen LogP contribution in [0.25, 0.3) is 0 Å². The van der Waals surface area contributed by atoms with Crippen molar-refractivity contribution < 1.29 is 19.4 Å². The van der Waals surface area contributed by atoms with Gasteiger partial charge in [0.1, 0.15) is 0 Å². The molecule has 1 fully saturated rings. The third-order valence-electron chi connectivity index (χ3n) is 3.50. The molecule has 1 saturated carbocycles. The number of hydrogen-bond donors (Lipinski definition) is 2. The van der Waals surface area contributed by atoms with Crippen molar-refractivity contribution in [2.24, 2.45) is 5.92 Å². The van der Waals surface area contributed by atoms with Crippen LogP contribution in [0.2, 0.25) is 0 Å². The standard InChI is InChI=1S/C14H25NO4/c1-3-19-12-7-11(8-12)9-13(16)15-10(2)5-4-6-14(17)18/h10-12H,3-9H2,1-2H3,(H,15,16)(H,17,18). The summed E-state index contributed by atoms with van der Waals surface area (Å²) in [6.45, 7) is 4.65. The maximum absolute atomic E-state index is 11.7. The van der Waals surface area contributed by atoms with Crippen molar-refractivity contribution in [2.75, 3.05) is 6.61 Å². The molecule has 0 aliphatic heterocycles. The van der Waals surface area contributed by atoms with Crippen LogP contribution in [0, 0.1) is 5.92 Å². The van der Waals surface area contributed by atoms with Crippen LogP contribution < -0.4 is 5.32 Å². The van der Waals surface area contributed by atoms with Crippen molar-refractivity contribution >= 4 is 11.9 Å². The van der Waals surface area contributed by atoms with Gasteiger partial charge in [-0.2, -0.15) is 0 Å². The number of carboxylic acids is 1. The predicted octanol–water partition coefficient (Wildman–Crippen LogP) is 1.95. The van der Waals surface area contributed by atoms with Gasteiger partial charge in [-0.05, 0) is 45.4 Å². The first-order valence-corrected chi connectivity index (χ1v) is 7.14. The summed E-state index contributed by atoms with van der Waals surface area (Å²) >= 11 is 0. The summed E-state index contributed by atoms with van der Waals surface area (Å²) in [7, 11) is 0. The van der Waals surface area contributed by atoms with Crippen LogP contribution in [0.4, 0.5) is 0 Å². The highest BCUT2D eigenvalue weighted by Crippen LogP contribution is 2.32. The van der Waals surface area contributed by atoms with Crippen molar-refractivity contribution in [3.05, 3.63) is 0 Å². The normalized spacial score (nSPS) is 23.5. The summed E-state index contributed by atoms with van der Waals surface area (Å²) in [5.41, 5.74) is 0. The van der Waals surface area contributed by atoms with E-state index in [4.69, 9.17) is 9.84 Å². The van der Waals surface area contributed by atoms with Crippen molar-refractivity contribution in [1.29, 1.82) is 0 Å². The quantitative estimate of drug-likeness (QED) is 0.672. The SMILES string of the molecule is CCOC1CC(CC(=O)NC(C)CCCC(=O)O)C1. The van der Waals surface area contributed by atoms with Gasteiger partial charge in [0.25, 0.3) is 0 Å². The lowest BCUT2D eigenvalue weighted by Crippen LogP contribution is -2.38. The van der Waals surface area contributed by atoms with Gasteiger partial charge in [-0.3, -0.25) is 9.59 Å². The second-order valence-corrected chi connectivity index (χ2v) is 5.37. The summed E-state index contributed by atoms with van der Waals surface area (Å²) in [5, 5.41) is 11.5. The van der Waals surface area contributed by atoms with E-state index in [1.54, 1.807) is 0 Å². The molecular formula is C14H25NO4. The molecule has 0 aromatic rings. The fraction of sp³-hybridized carbons (Fsp3) is 0.857. The van der Waals surface area contributed by atoms with Gasteiger partial charge in [0.2, 0.25) is 5.91 Å². The molecule has 1 atom stereocenters. The Morgan fingerprint density at radius 2 is 2.11 bits per heavy atom. The minimum absolute atomic E-state index is 0.0506. The Kier molecular flexibility index (Phi) is 6.84. The number of rotatable bonds is 9. The van der Waals surface area contributed by atoms with E-state index in [-0.39, 0.29) is 18.4 Å². The van der Waals surface area contributed by atoms with E-state index in [0.29, 0.717) is 31.3 Å². The monoisotopic (exact) mass is 271 g/mol. The van der Waals surface area contributed by atoms with Gasteiger partial charge >= 0.3 is 5.97 Å². The van der Waals surface area contributed by atoms with E-state index < -0.39 is 5.97 Å². The molecule has 5 nitrogen and oxygen atoms in total. The highest BCUT2D eigenvalue weighted by atomic mass is 16.5. The molecule has 1 amide bonds. The van der Waals surface area contributed by atoms with E-state index in [0.717, 1.165) is 19.4 Å². The first kappa shape index (κ1) is 16.0. The summed E-state index contributed by atoms with van der Waals surface area (Å²) in [4.78, 5) is 22.1. The van der Waals surface area contributed by atoms with Crippen molar-refractivity contribution in [3.8, 4) is 0 Å². The molecule has 0 bridgehead atoms. The molecule has 19 heavy (non-hydrogen) atoms. The number of amides is 1. The van der Waals surface area contributed by atoms with Gasteiger partial charge < -0.3 is 15.2 Å². The molecule has 1 rings (SSSR count). The van der Waals surface area contributed by atoms with Crippen molar-refractivity contribution in [3.63, 3.8) is 0 Å². The maximum Gasteiger partial charge on any atom is 0.303 e. The molecule has 1 aliphatic rings. The second kappa shape index (κ2) is 8.15. The van der Waals surface area contributed by atoms with E-state index >= 15 is 0 Å². The van der Waals surface area contributed by atoms with Crippen LogP contribution in [-0.4, -0.2) is 35.7 Å². The Hall–Kier alpha value is -1.10. The van der Waals surface area contributed by atoms with E-state index in [1.165, 1.54) is 0 Å². The number of carbonyl (C=O) groups excluding carboxylic acids is 1. The zero-order valence-corrected chi connectivity index (χ0v) is 11.9. The smallest absolute Gasteiger partial charge is 0.303 e. The van der Waals surface area contributed by atoms with Gasteiger partial charge in [-0.1, -0.05) is 0 Å². The molecule has 5 heteroatoms. The fourth-order valence-electron chi connectivity index (χ4n) is 2.44. The first-order chi connectivity index (χ1) is 9.01. The summed E-state index contributed by atoms with van der Waals surface area (Å²) in [6, 6.07) is 0.0506. The van der Waals surface area contributed by atoms with Gasteiger partial charge in [-0.15, -0.1) is 0 Å². The minimum Gasteiger partial charge on any atom is -0.481 e. The largest absolute Gasteiger partial charge is 0.481 e. The van der Waals surface area contributed by atoms with E-state index in [1.807, 2.05) is 13.8 Å². The molecule has 1 unspecified atom stereocenters. The number of aliphatic carboxylic acids is 1. The van der Waals surface area contributed by atoms with Gasteiger partial charge in [-0.25, -0.2) is 0 Å². The van der Waals surface area contributed by atoms with Crippen LogP contribution >= 0.6 is 0 Å². The Balaban J connectivity index is 2.06. The highest BCUT2D eigenvalue weighted by Gasteiger charge is 2.31. The van der Waals surface area contributed by atoms with Crippen molar-refractivity contribution in [1.82, 2.24) is 5.32 Å². The molecular weight excluding hydrogens is 246 g/mol. The molecule has 2 N–H and O–H groups in total. The zero-order valence-electron chi connectivity index (χ0n) is 11.9. The minimum atomic E-state index is -0.782. The van der Waals surface area contributed by atoms with E-state index in [2.05, 4.69) is 5.32 Å². The number of carbonyl (C=O) groups is 2. The summed E-state index contributed by atoms with van der Waals surface area (Å²) < 4.78 is 5.46. The third kappa shape index (κ3) is 6.57. The second-order valence-electron chi connectivity index (χ2n) is 5.37. The van der Waals surface area contributed by atoms with Gasteiger partial charge in [0.15, 0.2) is 0 Å². The third-order valence-corrected chi connectivity index (χ3v) is 3.50. The predicted molar refractivity (Wildman–Crippen MR) is 71.8 cm³/mol. The molecule has 0 spiro atoms. The number of hydrogen-bond acceptors (Lipinski definition) is 3. The number of carboxylic acid groups (broad SMARTS) is 1. The maximum atomic E-state index is 11.7. The summed E-state index contributed by atoms with van der Waals surface area (Å²) in [5.74, 6) is -0.263. The Morgan fingerprint density at radius 1 is 1.42 bits per heavy atom. The lowest BCUT2D eigenvalue weighted by molar-refractivity contribution is -0.137. The number of ether oxygens (including phenoxy) is 1. The molecule has 110 valence electrons. The fourth-order valence-corrected chi connectivity index (χ4v) is 2.44. The van der Waals surface area contributed by atoms with Crippen molar-refractivity contribution in [2.45, 2.75) is 64.5 Å². The molecule has 0 saturated heterocycles. The van der Waals surface area contributed by atoms with Crippen LogP contribution in [0.5, 0.6) is 0 Å². The summed E-state index contributed by atoms with van der Waals surface area (Å²) in [6.07, 6.45) is 4.35. The molecule has 0 aromatic heterocycles. The average Bonchev–Trinajstić information content (AvgIpc) is 2.25. The van der Waals surface area contributed by atoms with Crippen LogP contribution in [-0.2, 0) is 14.3 Å². The zero-order chi connectivity index (χ0) is 14.3. The molecule has 0 heterocycles. The lowest BCUT2D eigenvalue weighted by Gasteiger charge is -2.34. The van der Waals surface area contributed by atoms with Gasteiger partial charge in [0.05, 0.1) is 6.10 Å². The van der Waals surface area contributed by atoms with Crippen LogP contribution in [0.1, 0.15) is 52.4 Å². The molecule has 0 radical (unpaired) electrons. The molecule has 1 aliphatic carbocycles. The Labute approximate surface area is 114 Å². The first-order valence-electron chi connectivity index (χ1n) is 7.14. The van der Waals surface area contributed by atoms with Crippen LogP contribution in [0.3, 0.4) is 0 Å². The average molecular weight is 271 g/mol. The van der Waals surface area contributed by atoms with Gasteiger partial charge in [0, 0.05) is 25.5 Å². The van der Waals surface area contributed by atoms with E-state index in [9.17, 15) is 9.59 Å². The van der Waals surface area contributed by atoms with Crippen LogP contribution in [0.15, 0.2) is 0 Å². The number of nitrogens with one attached hydrogen (secondary N) is 1. The lowest BCUT2D eigenvalue weighted by atomic mass is 9.80.